The number of nitro benzene ring substituents is 1. The Morgan fingerprint density at radius 2 is 1.49 bits per heavy atom. The van der Waals surface area contributed by atoms with Crippen LogP contribution >= 0.6 is 0 Å². The number of carbonyl (C=O) groups is 2. The number of non-ortho nitro benzene ring substituents is 1. The van der Waals surface area contributed by atoms with E-state index in [0.29, 0.717) is 25.1 Å². The first-order valence-corrected chi connectivity index (χ1v) is 16.7. The number of aliphatic hydroxyl groups excluding tert-OH is 1. The molecule has 1 unspecified atom stereocenters. The molecule has 0 saturated heterocycles. The molecule has 0 aliphatic heterocycles. The number of nitrogens with one attached hydrogen (secondary N) is 1. The molecule has 1 atom stereocenters. The van der Waals surface area contributed by atoms with Gasteiger partial charge < -0.3 is 19.9 Å². The van der Waals surface area contributed by atoms with E-state index in [-0.39, 0.29) is 35.7 Å². The lowest BCUT2D eigenvalue weighted by atomic mass is 10.1. The Morgan fingerprint density at radius 1 is 0.889 bits per heavy atom. The van der Waals surface area contributed by atoms with Crippen LogP contribution in [0.5, 0.6) is 0 Å². The highest BCUT2D eigenvalue weighted by atomic mass is 16.6. The summed E-state index contributed by atoms with van der Waals surface area (Å²) in [5.74, 6) is -0.803. The van der Waals surface area contributed by atoms with Crippen molar-refractivity contribution in [2.45, 2.75) is 129 Å². The molecule has 2 rings (SSSR count). The molecule has 252 valence electrons. The van der Waals surface area contributed by atoms with Gasteiger partial charge in [0.2, 0.25) is 5.52 Å². The molecule has 1 aromatic heterocycles. The molecule has 0 fully saturated rings. The van der Waals surface area contributed by atoms with Crippen LogP contribution in [0, 0.1) is 10.1 Å². The van der Waals surface area contributed by atoms with Crippen LogP contribution in [0.2, 0.25) is 0 Å². The molecule has 45 heavy (non-hydrogen) atoms. The fraction of sp³-hybridized carbons (Fsp3) is 0.697. The summed E-state index contributed by atoms with van der Waals surface area (Å²) in [7, 11) is 0. The molecule has 0 saturated carbocycles. The number of allylic oxidation sites excluding steroid dienone is 2. The van der Waals surface area contributed by atoms with Gasteiger partial charge in [-0.05, 0) is 61.3 Å². The van der Waals surface area contributed by atoms with Gasteiger partial charge in [-0.2, -0.15) is 0 Å². The number of nitrogens with zero attached hydrogens (tertiary/aromatic N) is 3. The minimum absolute atomic E-state index is 0.0833. The van der Waals surface area contributed by atoms with Crippen molar-refractivity contribution < 1.29 is 33.7 Å². The normalized spacial score (nSPS) is 12.0. The fourth-order valence-corrected chi connectivity index (χ4v) is 4.90. The van der Waals surface area contributed by atoms with E-state index < -0.39 is 23.6 Å². The standard InChI is InChI=1S/C33H52N4O8/c1-2-3-4-5-6-7-8-9-10-11-12-13-14-15-17-20-30(39)43-26-27(25-38)44-31(40)21-18-16-19-24-34-28-22-23-29(37(41)42)33-32(28)35-45-36-33/h9-10,22-23,27,34,38H,2-8,11-21,24-26H2,1H3/b10-9-. The zero-order valence-electron chi connectivity index (χ0n) is 26.9. The van der Waals surface area contributed by atoms with Gasteiger partial charge >= 0.3 is 17.6 Å². The van der Waals surface area contributed by atoms with E-state index in [0.717, 1.165) is 44.9 Å². The van der Waals surface area contributed by atoms with Gasteiger partial charge in [-0.15, -0.1) is 0 Å². The second-order valence-electron chi connectivity index (χ2n) is 11.4. The number of hydrogen-bond acceptors (Lipinski definition) is 11. The van der Waals surface area contributed by atoms with Crippen LogP contribution < -0.4 is 5.32 Å². The number of esters is 2. The molecule has 2 aromatic rings. The van der Waals surface area contributed by atoms with Crippen LogP contribution in [0.4, 0.5) is 11.4 Å². The molecule has 0 amide bonds. The molecule has 1 heterocycles. The molecule has 1 aromatic carbocycles. The van der Waals surface area contributed by atoms with E-state index in [1.807, 2.05) is 0 Å². The van der Waals surface area contributed by atoms with Gasteiger partial charge in [0, 0.05) is 25.5 Å². The first kappa shape index (κ1) is 37.6. The molecule has 0 bridgehead atoms. The maximum absolute atomic E-state index is 12.2. The number of benzene rings is 1. The zero-order chi connectivity index (χ0) is 32.5. The Balaban J connectivity index is 1.44. The maximum atomic E-state index is 12.2. The van der Waals surface area contributed by atoms with Crippen molar-refractivity contribution in [1.82, 2.24) is 10.3 Å². The molecule has 0 aliphatic carbocycles. The quantitative estimate of drug-likeness (QED) is 0.0327. The highest BCUT2D eigenvalue weighted by molar-refractivity contribution is 5.93. The van der Waals surface area contributed by atoms with Crippen LogP contribution in [0.25, 0.3) is 11.0 Å². The molecule has 0 radical (unpaired) electrons. The fourth-order valence-electron chi connectivity index (χ4n) is 4.90. The first-order chi connectivity index (χ1) is 22.0. The molecular weight excluding hydrogens is 580 g/mol. The molecule has 0 aliphatic rings. The summed E-state index contributed by atoms with van der Waals surface area (Å²) in [4.78, 5) is 34.8. The topological polar surface area (TPSA) is 167 Å². The van der Waals surface area contributed by atoms with Gasteiger partial charge in [0.1, 0.15) is 6.61 Å². The summed E-state index contributed by atoms with van der Waals surface area (Å²) in [5.41, 5.74) is 0.773. The third-order valence-electron chi connectivity index (χ3n) is 7.54. The molecular formula is C33H52N4O8. The number of anilines is 1. The third-order valence-corrected chi connectivity index (χ3v) is 7.54. The van der Waals surface area contributed by atoms with Crippen molar-refractivity contribution in [2.24, 2.45) is 0 Å². The van der Waals surface area contributed by atoms with Crippen molar-refractivity contribution in [3.63, 3.8) is 0 Å². The first-order valence-electron chi connectivity index (χ1n) is 16.7. The molecule has 0 spiro atoms. The number of carbonyl (C=O) groups excluding carboxylic acids is 2. The number of ether oxygens (including phenoxy) is 2. The third kappa shape index (κ3) is 16.4. The summed E-state index contributed by atoms with van der Waals surface area (Å²) in [6, 6.07) is 2.90. The minimum atomic E-state index is -0.877. The average Bonchev–Trinajstić information content (AvgIpc) is 3.53. The van der Waals surface area contributed by atoms with E-state index >= 15 is 0 Å². The summed E-state index contributed by atoms with van der Waals surface area (Å²) in [5, 5.41) is 31.1. The van der Waals surface area contributed by atoms with Crippen molar-refractivity contribution >= 4 is 34.3 Å². The van der Waals surface area contributed by atoms with Gasteiger partial charge in [-0.3, -0.25) is 19.7 Å². The van der Waals surface area contributed by atoms with E-state index in [1.165, 1.54) is 57.4 Å². The second kappa shape index (κ2) is 23.8. The van der Waals surface area contributed by atoms with Crippen molar-refractivity contribution in [3.8, 4) is 0 Å². The van der Waals surface area contributed by atoms with Crippen LogP contribution in [0.15, 0.2) is 28.9 Å². The number of aliphatic hydroxyl groups is 1. The summed E-state index contributed by atoms with van der Waals surface area (Å²) >= 11 is 0. The second-order valence-corrected chi connectivity index (χ2v) is 11.4. The Kier molecular flexibility index (Phi) is 19.9. The van der Waals surface area contributed by atoms with Crippen molar-refractivity contribution in [1.29, 1.82) is 0 Å². The number of unbranched alkanes of at least 4 members (excludes halogenated alkanes) is 13. The predicted molar refractivity (Wildman–Crippen MR) is 173 cm³/mol. The lowest BCUT2D eigenvalue weighted by Crippen LogP contribution is -2.28. The highest BCUT2D eigenvalue weighted by Gasteiger charge is 2.19. The summed E-state index contributed by atoms with van der Waals surface area (Å²) < 4.78 is 15.1. The Bertz CT molecular complexity index is 1150. The SMILES string of the molecule is CCCCCCCC/C=C\CCCCCCCC(=O)OCC(CO)OC(=O)CCCCCNc1ccc([N+](=O)[O-])c2nonc12. The van der Waals surface area contributed by atoms with Crippen LogP contribution in [-0.4, -0.2) is 58.1 Å². The molecule has 12 heteroatoms. The predicted octanol–water partition coefficient (Wildman–Crippen LogP) is 7.59. The minimum Gasteiger partial charge on any atom is -0.462 e. The van der Waals surface area contributed by atoms with Gasteiger partial charge in [-0.1, -0.05) is 76.9 Å². The summed E-state index contributed by atoms with van der Waals surface area (Å²) in [6.45, 7) is 2.22. The number of hydrogen-bond donors (Lipinski definition) is 2. The molecule has 2 N–H and O–H groups in total. The van der Waals surface area contributed by atoms with Crippen molar-refractivity contribution in [3.05, 3.63) is 34.4 Å². The lowest BCUT2D eigenvalue weighted by molar-refractivity contribution is -0.383. The Labute approximate surface area is 266 Å². The van der Waals surface area contributed by atoms with Crippen molar-refractivity contribution in [2.75, 3.05) is 25.1 Å². The molecule has 12 nitrogen and oxygen atoms in total. The van der Waals surface area contributed by atoms with Crippen LogP contribution in [0.1, 0.15) is 122 Å². The number of rotatable bonds is 27. The van der Waals surface area contributed by atoms with Crippen LogP contribution in [-0.2, 0) is 19.1 Å². The maximum Gasteiger partial charge on any atom is 0.306 e. The van der Waals surface area contributed by atoms with E-state index in [9.17, 15) is 24.8 Å². The lowest BCUT2D eigenvalue weighted by Gasteiger charge is -2.15. The smallest absolute Gasteiger partial charge is 0.306 e. The zero-order valence-corrected chi connectivity index (χ0v) is 26.9. The van der Waals surface area contributed by atoms with E-state index in [1.54, 1.807) is 6.07 Å². The number of fused-ring (bicyclic) bond motifs is 1. The van der Waals surface area contributed by atoms with Crippen LogP contribution in [0.3, 0.4) is 0 Å². The van der Waals surface area contributed by atoms with E-state index in [4.69, 9.17) is 9.47 Å². The highest BCUT2D eigenvalue weighted by Crippen LogP contribution is 2.28. The largest absolute Gasteiger partial charge is 0.462 e. The van der Waals surface area contributed by atoms with Gasteiger partial charge in [0.05, 0.1) is 17.2 Å². The average molecular weight is 633 g/mol. The Morgan fingerprint density at radius 3 is 2.16 bits per heavy atom. The summed E-state index contributed by atoms with van der Waals surface area (Å²) in [6.07, 6.45) is 21.7. The number of nitro groups is 1. The Hall–Kier alpha value is -3.54. The van der Waals surface area contributed by atoms with Gasteiger partial charge in [-0.25, -0.2) is 4.63 Å². The monoisotopic (exact) mass is 632 g/mol. The van der Waals surface area contributed by atoms with Gasteiger partial charge in [0.25, 0.3) is 0 Å². The van der Waals surface area contributed by atoms with E-state index in [2.05, 4.69) is 39.3 Å². The van der Waals surface area contributed by atoms with Gasteiger partial charge in [0.15, 0.2) is 11.6 Å². The number of aromatic nitrogens is 2.